The maximum absolute atomic E-state index is 13.3. The Morgan fingerprint density at radius 3 is 2.67 bits per heavy atom. The first-order valence-electron chi connectivity index (χ1n) is 9.86. The number of ether oxygens (including phenoxy) is 2. The van der Waals surface area contributed by atoms with Crippen LogP contribution in [0.5, 0.6) is 0 Å². The molecule has 150 valence electrons. The summed E-state index contributed by atoms with van der Waals surface area (Å²) < 4.78 is 24.5. The molecule has 1 atom stereocenters. The minimum absolute atomic E-state index is 0.138. The smallest absolute Gasteiger partial charge is 0.191 e. The molecule has 0 amide bonds. The lowest BCUT2D eigenvalue weighted by molar-refractivity contribution is 0.0170. The molecular formula is C20H31FN4O2. The summed E-state index contributed by atoms with van der Waals surface area (Å²) in [5.74, 6) is 1.33. The lowest BCUT2D eigenvalue weighted by Gasteiger charge is -2.35. The van der Waals surface area contributed by atoms with Crippen LogP contribution >= 0.6 is 0 Å². The van der Waals surface area contributed by atoms with Gasteiger partial charge >= 0.3 is 0 Å². The number of hydrogen-bond donors (Lipinski definition) is 2. The van der Waals surface area contributed by atoms with Gasteiger partial charge in [-0.1, -0.05) is 12.1 Å². The van der Waals surface area contributed by atoms with Crippen LogP contribution in [0.4, 0.5) is 4.39 Å². The SMILES string of the molecule is CN=C(NCCOCC1CC1)NCC(c1ccc(F)cc1)N1CCOCC1. The van der Waals surface area contributed by atoms with Gasteiger partial charge in [-0.3, -0.25) is 9.89 Å². The summed E-state index contributed by atoms with van der Waals surface area (Å²) in [6, 6.07) is 6.90. The van der Waals surface area contributed by atoms with Crippen molar-refractivity contribution in [3.8, 4) is 0 Å². The van der Waals surface area contributed by atoms with Crippen molar-refractivity contribution in [1.29, 1.82) is 0 Å². The fourth-order valence-corrected chi connectivity index (χ4v) is 3.22. The number of halogens is 1. The molecule has 2 N–H and O–H groups in total. The topological polar surface area (TPSA) is 58.1 Å². The normalized spacial score (nSPS) is 19.7. The standard InChI is InChI=1S/C20H31FN4O2/c1-22-20(23-8-11-27-15-16-2-3-16)24-14-19(25-9-12-26-13-10-25)17-4-6-18(21)7-5-17/h4-7,16,19H,2-3,8-15H2,1H3,(H2,22,23,24). The van der Waals surface area contributed by atoms with Crippen LogP contribution in [0.2, 0.25) is 0 Å². The van der Waals surface area contributed by atoms with Crippen molar-refractivity contribution in [1.82, 2.24) is 15.5 Å². The molecule has 3 rings (SSSR count). The molecule has 0 radical (unpaired) electrons. The molecule has 6 nitrogen and oxygen atoms in total. The molecule has 1 aliphatic carbocycles. The van der Waals surface area contributed by atoms with Gasteiger partial charge in [-0.25, -0.2) is 4.39 Å². The molecule has 0 bridgehead atoms. The van der Waals surface area contributed by atoms with E-state index in [-0.39, 0.29) is 11.9 Å². The van der Waals surface area contributed by atoms with Gasteiger partial charge < -0.3 is 20.1 Å². The monoisotopic (exact) mass is 378 g/mol. The van der Waals surface area contributed by atoms with Crippen LogP contribution in [0.25, 0.3) is 0 Å². The van der Waals surface area contributed by atoms with Crippen LogP contribution in [-0.2, 0) is 9.47 Å². The van der Waals surface area contributed by atoms with Gasteiger partial charge in [-0.2, -0.15) is 0 Å². The summed E-state index contributed by atoms with van der Waals surface area (Å²) in [5.41, 5.74) is 1.09. The molecular weight excluding hydrogens is 347 g/mol. The minimum Gasteiger partial charge on any atom is -0.379 e. The number of hydrogen-bond acceptors (Lipinski definition) is 4. The molecule has 2 fully saturated rings. The maximum atomic E-state index is 13.3. The molecule has 1 aliphatic heterocycles. The minimum atomic E-state index is -0.212. The number of nitrogens with zero attached hydrogens (tertiary/aromatic N) is 2. The fraction of sp³-hybridized carbons (Fsp3) is 0.650. The van der Waals surface area contributed by atoms with Gasteiger partial charge in [0.25, 0.3) is 0 Å². The number of nitrogens with one attached hydrogen (secondary N) is 2. The Balaban J connectivity index is 1.49. The van der Waals surface area contributed by atoms with Gasteiger partial charge in [-0.05, 0) is 36.5 Å². The highest BCUT2D eigenvalue weighted by Crippen LogP contribution is 2.28. The van der Waals surface area contributed by atoms with Crippen LogP contribution in [0, 0.1) is 11.7 Å². The summed E-state index contributed by atoms with van der Waals surface area (Å²) in [5, 5.41) is 6.69. The summed E-state index contributed by atoms with van der Waals surface area (Å²) in [6.45, 7) is 6.15. The van der Waals surface area contributed by atoms with Gasteiger partial charge in [-0.15, -0.1) is 0 Å². The van der Waals surface area contributed by atoms with E-state index < -0.39 is 0 Å². The predicted molar refractivity (Wildman–Crippen MR) is 104 cm³/mol. The number of morpholine rings is 1. The van der Waals surface area contributed by atoms with Gasteiger partial charge in [0.05, 0.1) is 25.9 Å². The third kappa shape index (κ3) is 6.75. The Kier molecular flexibility index (Phi) is 7.86. The Morgan fingerprint density at radius 1 is 1.26 bits per heavy atom. The fourth-order valence-electron chi connectivity index (χ4n) is 3.22. The van der Waals surface area contributed by atoms with Gasteiger partial charge in [0.15, 0.2) is 5.96 Å². The van der Waals surface area contributed by atoms with E-state index in [2.05, 4.69) is 20.5 Å². The molecule has 0 aromatic heterocycles. The molecule has 1 unspecified atom stereocenters. The van der Waals surface area contributed by atoms with E-state index in [9.17, 15) is 4.39 Å². The molecule has 0 spiro atoms. The first-order valence-corrected chi connectivity index (χ1v) is 9.86. The van der Waals surface area contributed by atoms with Crippen molar-refractivity contribution < 1.29 is 13.9 Å². The summed E-state index contributed by atoms with van der Waals surface area (Å²) >= 11 is 0. The highest BCUT2D eigenvalue weighted by atomic mass is 19.1. The highest BCUT2D eigenvalue weighted by Gasteiger charge is 2.23. The maximum Gasteiger partial charge on any atom is 0.191 e. The summed E-state index contributed by atoms with van der Waals surface area (Å²) in [7, 11) is 1.77. The molecule has 1 aromatic rings. The molecule has 1 heterocycles. The molecule has 2 aliphatic rings. The number of guanidine groups is 1. The van der Waals surface area contributed by atoms with Gasteiger partial charge in [0.1, 0.15) is 5.82 Å². The van der Waals surface area contributed by atoms with E-state index >= 15 is 0 Å². The van der Waals surface area contributed by atoms with Crippen LogP contribution < -0.4 is 10.6 Å². The Hall–Kier alpha value is -1.70. The van der Waals surface area contributed by atoms with Crippen molar-refractivity contribution in [2.45, 2.75) is 18.9 Å². The summed E-state index contributed by atoms with van der Waals surface area (Å²) in [6.07, 6.45) is 2.62. The summed E-state index contributed by atoms with van der Waals surface area (Å²) in [4.78, 5) is 6.66. The number of rotatable bonds is 9. The van der Waals surface area contributed by atoms with Crippen LogP contribution in [0.1, 0.15) is 24.4 Å². The average molecular weight is 378 g/mol. The van der Waals surface area contributed by atoms with Crippen molar-refractivity contribution in [3.05, 3.63) is 35.6 Å². The molecule has 1 saturated heterocycles. The molecule has 1 saturated carbocycles. The van der Waals surface area contributed by atoms with Crippen molar-refractivity contribution in [2.75, 3.05) is 59.7 Å². The first kappa shape index (κ1) is 20.0. The van der Waals surface area contributed by atoms with E-state index in [1.54, 1.807) is 7.05 Å². The Morgan fingerprint density at radius 2 is 2.00 bits per heavy atom. The van der Waals surface area contributed by atoms with Crippen molar-refractivity contribution in [2.24, 2.45) is 10.9 Å². The first-order chi connectivity index (χ1) is 13.3. The van der Waals surface area contributed by atoms with E-state index in [1.807, 2.05) is 12.1 Å². The van der Waals surface area contributed by atoms with Gasteiger partial charge in [0.2, 0.25) is 0 Å². The second-order valence-electron chi connectivity index (χ2n) is 7.11. The lowest BCUT2D eigenvalue weighted by Crippen LogP contribution is -2.46. The number of aliphatic imine (C=N–C) groups is 1. The molecule has 27 heavy (non-hydrogen) atoms. The van der Waals surface area contributed by atoms with Crippen LogP contribution in [0.3, 0.4) is 0 Å². The third-order valence-corrected chi connectivity index (χ3v) is 5.02. The van der Waals surface area contributed by atoms with E-state index in [1.165, 1.54) is 25.0 Å². The second-order valence-corrected chi connectivity index (χ2v) is 7.11. The zero-order chi connectivity index (χ0) is 18.9. The predicted octanol–water partition coefficient (Wildman–Crippen LogP) is 1.79. The quantitative estimate of drug-likeness (QED) is 0.390. The van der Waals surface area contributed by atoms with E-state index in [4.69, 9.17) is 9.47 Å². The average Bonchev–Trinajstić information content (AvgIpc) is 3.53. The lowest BCUT2D eigenvalue weighted by atomic mass is 10.0. The molecule has 7 heteroatoms. The zero-order valence-corrected chi connectivity index (χ0v) is 16.1. The third-order valence-electron chi connectivity index (χ3n) is 5.02. The van der Waals surface area contributed by atoms with E-state index in [0.29, 0.717) is 13.2 Å². The van der Waals surface area contributed by atoms with Crippen LogP contribution in [-0.4, -0.2) is 70.5 Å². The van der Waals surface area contributed by atoms with Crippen molar-refractivity contribution >= 4 is 5.96 Å². The van der Waals surface area contributed by atoms with Gasteiger partial charge in [0, 0.05) is 39.8 Å². The molecule has 1 aromatic carbocycles. The highest BCUT2D eigenvalue weighted by molar-refractivity contribution is 5.79. The van der Waals surface area contributed by atoms with Crippen molar-refractivity contribution in [3.63, 3.8) is 0 Å². The largest absolute Gasteiger partial charge is 0.379 e. The van der Waals surface area contributed by atoms with E-state index in [0.717, 1.165) is 56.9 Å². The Bertz CT molecular complexity index is 586. The second kappa shape index (κ2) is 10.6. The zero-order valence-electron chi connectivity index (χ0n) is 16.1. The van der Waals surface area contributed by atoms with Crippen LogP contribution in [0.15, 0.2) is 29.3 Å². The number of benzene rings is 1. The Labute approximate surface area is 161 Å².